The first-order valence-corrected chi connectivity index (χ1v) is 7.94. The molecule has 1 fully saturated rings. The second-order valence-corrected chi connectivity index (χ2v) is 5.71. The average molecular weight is 312 g/mol. The summed E-state index contributed by atoms with van der Waals surface area (Å²) in [5.74, 6) is 0.736. The van der Waals surface area contributed by atoms with Crippen LogP contribution in [0.4, 0.5) is 5.69 Å². The molecule has 0 atom stereocenters. The third kappa shape index (κ3) is 4.00. The summed E-state index contributed by atoms with van der Waals surface area (Å²) in [6, 6.07) is 10.8. The van der Waals surface area contributed by atoms with Gasteiger partial charge in [-0.05, 0) is 43.2 Å². The second-order valence-electron chi connectivity index (χ2n) is 5.71. The molecule has 0 unspecified atom stereocenters. The van der Waals surface area contributed by atoms with Crippen LogP contribution in [-0.4, -0.2) is 29.8 Å². The Morgan fingerprint density at radius 3 is 2.70 bits per heavy atom. The number of nitrogens with zero attached hydrogens (tertiary/aromatic N) is 1. The molecule has 3 rings (SSSR count). The van der Waals surface area contributed by atoms with E-state index in [9.17, 15) is 9.59 Å². The van der Waals surface area contributed by atoms with E-state index in [4.69, 9.17) is 4.42 Å². The number of hydrogen-bond donors (Lipinski definition) is 1. The molecule has 0 radical (unpaired) electrons. The van der Waals surface area contributed by atoms with Crippen LogP contribution in [0, 0.1) is 0 Å². The second kappa shape index (κ2) is 7.13. The number of amides is 2. The molecule has 0 saturated carbocycles. The Hall–Kier alpha value is -2.56. The first-order chi connectivity index (χ1) is 11.2. The highest BCUT2D eigenvalue weighted by molar-refractivity contribution is 5.97. The zero-order valence-corrected chi connectivity index (χ0v) is 13.0. The average Bonchev–Trinajstić information content (AvgIpc) is 3.26. The summed E-state index contributed by atoms with van der Waals surface area (Å²) in [4.78, 5) is 26.2. The Labute approximate surface area is 135 Å². The molecule has 1 saturated heterocycles. The van der Waals surface area contributed by atoms with Crippen LogP contribution in [0.2, 0.25) is 0 Å². The van der Waals surface area contributed by atoms with Crippen molar-refractivity contribution in [2.45, 2.75) is 25.7 Å². The number of furan rings is 1. The molecule has 0 bridgehead atoms. The Balaban J connectivity index is 1.58. The third-order valence-electron chi connectivity index (χ3n) is 3.97. The predicted molar refractivity (Wildman–Crippen MR) is 87.2 cm³/mol. The molecular weight excluding hydrogens is 292 g/mol. The molecule has 1 aromatic heterocycles. The van der Waals surface area contributed by atoms with Crippen molar-refractivity contribution < 1.29 is 14.0 Å². The minimum Gasteiger partial charge on any atom is -0.469 e. The molecule has 2 heterocycles. The predicted octanol–water partition coefficient (Wildman–Crippen LogP) is 3.09. The molecule has 5 nitrogen and oxygen atoms in total. The number of rotatable bonds is 5. The monoisotopic (exact) mass is 312 g/mol. The zero-order chi connectivity index (χ0) is 16.1. The fraction of sp³-hybridized carbons (Fsp3) is 0.333. The quantitative estimate of drug-likeness (QED) is 0.923. The smallest absolute Gasteiger partial charge is 0.253 e. The molecule has 120 valence electrons. The highest BCUT2D eigenvalue weighted by Crippen LogP contribution is 2.16. The lowest BCUT2D eigenvalue weighted by atomic mass is 10.1. The Morgan fingerprint density at radius 1 is 1.13 bits per heavy atom. The van der Waals surface area contributed by atoms with Crippen LogP contribution in [0.1, 0.15) is 35.4 Å². The minimum atomic E-state index is -0.0906. The number of aryl methyl sites for hydroxylation is 1. The highest BCUT2D eigenvalue weighted by atomic mass is 16.3. The van der Waals surface area contributed by atoms with Gasteiger partial charge in [-0.3, -0.25) is 9.59 Å². The lowest BCUT2D eigenvalue weighted by molar-refractivity contribution is -0.116. The van der Waals surface area contributed by atoms with Crippen molar-refractivity contribution in [2.75, 3.05) is 18.4 Å². The first kappa shape index (κ1) is 15.3. The van der Waals surface area contributed by atoms with Gasteiger partial charge in [-0.25, -0.2) is 0 Å². The normalized spacial score (nSPS) is 14.0. The first-order valence-electron chi connectivity index (χ1n) is 7.94. The van der Waals surface area contributed by atoms with E-state index < -0.39 is 0 Å². The number of benzene rings is 1. The standard InChI is InChI=1S/C18H20N2O3/c21-17(9-8-16-7-4-12-23-16)19-15-6-3-5-14(13-15)18(22)20-10-1-2-11-20/h3-7,12-13H,1-2,8-11H2,(H,19,21). The van der Waals surface area contributed by atoms with E-state index in [1.54, 1.807) is 36.6 Å². The van der Waals surface area contributed by atoms with Gasteiger partial charge in [0.15, 0.2) is 0 Å². The molecule has 1 N–H and O–H groups in total. The van der Waals surface area contributed by atoms with Gasteiger partial charge >= 0.3 is 0 Å². The van der Waals surface area contributed by atoms with Crippen LogP contribution in [0.25, 0.3) is 0 Å². The molecule has 2 aromatic rings. The van der Waals surface area contributed by atoms with Crippen molar-refractivity contribution in [1.82, 2.24) is 4.90 Å². The molecule has 1 aliphatic heterocycles. The Kier molecular flexibility index (Phi) is 4.76. The summed E-state index contributed by atoms with van der Waals surface area (Å²) in [6.07, 6.45) is 4.63. The van der Waals surface area contributed by atoms with Gasteiger partial charge in [-0.15, -0.1) is 0 Å². The van der Waals surface area contributed by atoms with Crippen LogP contribution in [0.5, 0.6) is 0 Å². The summed E-state index contributed by atoms with van der Waals surface area (Å²) in [5.41, 5.74) is 1.27. The lowest BCUT2D eigenvalue weighted by Gasteiger charge is -2.15. The molecule has 0 aliphatic carbocycles. The molecule has 5 heteroatoms. The van der Waals surface area contributed by atoms with Gasteiger partial charge in [0.2, 0.25) is 5.91 Å². The molecule has 2 amide bonds. The van der Waals surface area contributed by atoms with Gasteiger partial charge in [0, 0.05) is 37.2 Å². The van der Waals surface area contributed by atoms with Gasteiger partial charge in [-0.1, -0.05) is 6.07 Å². The molecule has 23 heavy (non-hydrogen) atoms. The minimum absolute atomic E-state index is 0.0363. The van der Waals surface area contributed by atoms with Gasteiger partial charge in [0.05, 0.1) is 6.26 Å². The molecule has 0 spiro atoms. The van der Waals surface area contributed by atoms with Crippen molar-refractivity contribution in [3.05, 3.63) is 54.0 Å². The van der Waals surface area contributed by atoms with E-state index in [-0.39, 0.29) is 11.8 Å². The van der Waals surface area contributed by atoms with Gasteiger partial charge in [-0.2, -0.15) is 0 Å². The van der Waals surface area contributed by atoms with E-state index in [1.165, 1.54) is 0 Å². The maximum Gasteiger partial charge on any atom is 0.253 e. The van der Waals surface area contributed by atoms with E-state index in [2.05, 4.69) is 5.32 Å². The van der Waals surface area contributed by atoms with E-state index in [0.29, 0.717) is 24.1 Å². The van der Waals surface area contributed by atoms with Crippen LogP contribution >= 0.6 is 0 Å². The van der Waals surface area contributed by atoms with Crippen molar-refractivity contribution in [3.8, 4) is 0 Å². The topological polar surface area (TPSA) is 62.6 Å². The number of nitrogens with one attached hydrogen (secondary N) is 1. The van der Waals surface area contributed by atoms with E-state index in [1.807, 2.05) is 11.0 Å². The third-order valence-corrected chi connectivity index (χ3v) is 3.97. The summed E-state index contributed by atoms with van der Waals surface area (Å²) >= 11 is 0. The fourth-order valence-corrected chi connectivity index (χ4v) is 2.75. The number of carbonyl (C=O) groups is 2. The van der Waals surface area contributed by atoms with Crippen LogP contribution in [-0.2, 0) is 11.2 Å². The summed E-state index contributed by atoms with van der Waals surface area (Å²) < 4.78 is 5.21. The maximum atomic E-state index is 12.4. The Morgan fingerprint density at radius 2 is 1.96 bits per heavy atom. The lowest BCUT2D eigenvalue weighted by Crippen LogP contribution is -2.27. The number of likely N-dealkylation sites (tertiary alicyclic amines) is 1. The number of hydrogen-bond acceptors (Lipinski definition) is 3. The highest BCUT2D eigenvalue weighted by Gasteiger charge is 2.19. The SMILES string of the molecule is O=C(CCc1ccco1)Nc1cccc(C(=O)N2CCCC2)c1. The van der Waals surface area contributed by atoms with Crippen molar-refractivity contribution in [1.29, 1.82) is 0 Å². The zero-order valence-electron chi connectivity index (χ0n) is 13.0. The summed E-state index contributed by atoms with van der Waals surface area (Å²) in [5, 5.41) is 2.84. The van der Waals surface area contributed by atoms with Crippen molar-refractivity contribution in [3.63, 3.8) is 0 Å². The van der Waals surface area contributed by atoms with E-state index >= 15 is 0 Å². The van der Waals surface area contributed by atoms with Crippen LogP contribution in [0.3, 0.4) is 0 Å². The summed E-state index contributed by atoms with van der Waals surface area (Å²) in [7, 11) is 0. The number of carbonyl (C=O) groups excluding carboxylic acids is 2. The summed E-state index contributed by atoms with van der Waals surface area (Å²) in [6.45, 7) is 1.64. The van der Waals surface area contributed by atoms with E-state index in [0.717, 1.165) is 31.7 Å². The van der Waals surface area contributed by atoms with Crippen LogP contribution < -0.4 is 5.32 Å². The molecule has 1 aliphatic rings. The van der Waals surface area contributed by atoms with Gasteiger partial charge < -0.3 is 14.6 Å². The molecular formula is C18H20N2O3. The maximum absolute atomic E-state index is 12.4. The van der Waals surface area contributed by atoms with Gasteiger partial charge in [0.25, 0.3) is 5.91 Å². The fourth-order valence-electron chi connectivity index (χ4n) is 2.75. The van der Waals surface area contributed by atoms with Gasteiger partial charge in [0.1, 0.15) is 5.76 Å². The van der Waals surface area contributed by atoms with Crippen LogP contribution in [0.15, 0.2) is 47.1 Å². The van der Waals surface area contributed by atoms with Crippen molar-refractivity contribution in [2.24, 2.45) is 0 Å². The largest absolute Gasteiger partial charge is 0.469 e. The number of anilines is 1. The van der Waals surface area contributed by atoms with Crippen molar-refractivity contribution >= 4 is 17.5 Å². The Bertz CT molecular complexity index is 673. The molecule has 1 aromatic carbocycles.